The second kappa shape index (κ2) is 9.16. The van der Waals surface area contributed by atoms with Crippen LogP contribution in [0.1, 0.15) is 30.5 Å². The lowest BCUT2D eigenvalue weighted by Gasteiger charge is -2.25. The minimum absolute atomic E-state index is 0.215. The maximum absolute atomic E-state index is 6.01. The molecule has 0 saturated heterocycles. The van der Waals surface area contributed by atoms with Gasteiger partial charge in [-0.1, -0.05) is 123 Å². The lowest BCUT2D eigenvalue weighted by atomic mass is 9.78. The summed E-state index contributed by atoms with van der Waals surface area (Å²) in [6, 6.07) is 49.1. The van der Waals surface area contributed by atoms with Gasteiger partial charge in [0.25, 0.3) is 0 Å². The minimum Gasteiger partial charge on any atom is -0.326 e. The highest BCUT2D eigenvalue weighted by molar-refractivity contribution is 6.21. The molecule has 0 fully saturated rings. The van der Waals surface area contributed by atoms with Crippen molar-refractivity contribution >= 4 is 43.4 Å². The number of benzene rings is 7. The van der Waals surface area contributed by atoms with Crippen molar-refractivity contribution in [2.75, 3.05) is 0 Å². The van der Waals surface area contributed by atoms with Crippen LogP contribution in [0.15, 0.2) is 133 Å². The van der Waals surface area contributed by atoms with Crippen LogP contribution in [0.3, 0.4) is 0 Å². The van der Waals surface area contributed by atoms with Crippen LogP contribution in [0.25, 0.3) is 71.3 Å². The molecule has 1 aliphatic carbocycles. The Morgan fingerprint density at radius 3 is 1.95 bits per heavy atom. The monoisotopic (exact) mass is 564 g/mol. The van der Waals surface area contributed by atoms with Crippen LogP contribution in [0, 0.1) is 0 Å². The van der Waals surface area contributed by atoms with Gasteiger partial charge in [-0.15, -0.1) is 0 Å². The number of nitrogens with two attached hydrogens (primary N) is 1. The molecule has 8 aromatic rings. The Balaban J connectivity index is 1.41. The Labute approximate surface area is 257 Å². The molecule has 2 N–H and O–H groups in total. The first kappa shape index (κ1) is 25.3. The zero-order chi connectivity index (χ0) is 29.6. The SMILES string of the molecule is CC1(C)c2c(c3ccccc3c3ccccc23)-c2ccc3c4ccccc4n(-c4cccc(-c5cccc(CN)c5)c4)c3c21. The van der Waals surface area contributed by atoms with Crippen LogP contribution in [-0.4, -0.2) is 4.57 Å². The first-order valence-corrected chi connectivity index (χ1v) is 15.5. The highest BCUT2D eigenvalue weighted by Crippen LogP contribution is 2.57. The van der Waals surface area contributed by atoms with Crippen molar-refractivity contribution in [3.05, 3.63) is 150 Å². The van der Waals surface area contributed by atoms with Crippen LogP contribution in [0.2, 0.25) is 0 Å². The fourth-order valence-corrected chi connectivity index (χ4v) is 8.06. The average molecular weight is 565 g/mol. The van der Waals surface area contributed by atoms with Crippen LogP contribution in [0.4, 0.5) is 0 Å². The fraction of sp³-hybridized carbons (Fsp3) is 0.0952. The largest absolute Gasteiger partial charge is 0.326 e. The topological polar surface area (TPSA) is 30.9 Å². The van der Waals surface area contributed by atoms with E-state index in [1.165, 1.54) is 82.4 Å². The van der Waals surface area contributed by atoms with E-state index in [1.807, 2.05) is 0 Å². The molecule has 2 heteroatoms. The molecular weight excluding hydrogens is 532 g/mol. The van der Waals surface area contributed by atoms with E-state index >= 15 is 0 Å². The van der Waals surface area contributed by atoms with Crippen molar-refractivity contribution in [2.24, 2.45) is 5.73 Å². The van der Waals surface area contributed by atoms with Crippen molar-refractivity contribution in [3.63, 3.8) is 0 Å². The van der Waals surface area contributed by atoms with Gasteiger partial charge in [-0.25, -0.2) is 0 Å². The van der Waals surface area contributed by atoms with Crippen LogP contribution >= 0.6 is 0 Å². The maximum atomic E-state index is 6.01. The van der Waals surface area contributed by atoms with Crippen LogP contribution in [0.5, 0.6) is 0 Å². The molecule has 2 nitrogen and oxygen atoms in total. The van der Waals surface area contributed by atoms with E-state index in [9.17, 15) is 0 Å². The zero-order valence-corrected chi connectivity index (χ0v) is 24.9. The van der Waals surface area contributed by atoms with E-state index in [-0.39, 0.29) is 5.41 Å². The van der Waals surface area contributed by atoms with E-state index in [0.717, 1.165) is 5.56 Å². The lowest BCUT2D eigenvalue weighted by molar-refractivity contribution is 0.670. The molecule has 1 heterocycles. The van der Waals surface area contributed by atoms with Crippen molar-refractivity contribution in [1.82, 2.24) is 4.57 Å². The van der Waals surface area contributed by atoms with Gasteiger partial charge in [0.15, 0.2) is 0 Å². The van der Waals surface area contributed by atoms with E-state index in [0.29, 0.717) is 6.54 Å². The third kappa shape index (κ3) is 3.35. The average Bonchev–Trinajstić information content (AvgIpc) is 3.54. The molecule has 1 aliphatic rings. The van der Waals surface area contributed by atoms with Crippen LogP contribution in [-0.2, 0) is 12.0 Å². The summed E-state index contributed by atoms with van der Waals surface area (Å²) >= 11 is 0. The summed E-state index contributed by atoms with van der Waals surface area (Å²) in [6.07, 6.45) is 0. The predicted molar refractivity (Wildman–Crippen MR) is 187 cm³/mol. The minimum atomic E-state index is -0.215. The van der Waals surface area contributed by atoms with Crippen molar-refractivity contribution in [1.29, 1.82) is 0 Å². The third-order valence-electron chi connectivity index (χ3n) is 9.89. The standard InChI is InChI=1S/C42H32N2/c1-42(2)39-34-19-6-4-16-31(34)30-15-3-5-18-33(30)38(39)36-22-21-35-32-17-7-8-20-37(32)44(41(35)40(36)42)29-14-10-13-28(24-29)27-12-9-11-26(23-27)25-43/h3-24H,25,43H2,1-2H3. The molecule has 7 aromatic carbocycles. The quantitative estimate of drug-likeness (QED) is 0.213. The van der Waals surface area contributed by atoms with Crippen LogP contribution < -0.4 is 5.73 Å². The van der Waals surface area contributed by atoms with Gasteiger partial charge in [0.2, 0.25) is 0 Å². The fourth-order valence-electron chi connectivity index (χ4n) is 8.06. The van der Waals surface area contributed by atoms with E-state index in [2.05, 4.69) is 152 Å². The smallest absolute Gasteiger partial charge is 0.0588 e. The highest BCUT2D eigenvalue weighted by Gasteiger charge is 2.41. The summed E-state index contributed by atoms with van der Waals surface area (Å²) in [6.45, 7) is 5.38. The Morgan fingerprint density at radius 1 is 0.545 bits per heavy atom. The van der Waals surface area contributed by atoms with Gasteiger partial charge in [-0.2, -0.15) is 0 Å². The molecule has 1 aromatic heterocycles. The maximum Gasteiger partial charge on any atom is 0.0588 e. The lowest BCUT2D eigenvalue weighted by Crippen LogP contribution is -2.17. The second-order valence-corrected chi connectivity index (χ2v) is 12.7. The number of nitrogens with zero attached hydrogens (tertiary/aromatic N) is 1. The number of aromatic nitrogens is 1. The molecule has 210 valence electrons. The summed E-state index contributed by atoms with van der Waals surface area (Å²) in [7, 11) is 0. The van der Waals surface area contributed by atoms with Crippen molar-refractivity contribution < 1.29 is 0 Å². The molecule has 0 spiro atoms. The third-order valence-corrected chi connectivity index (χ3v) is 9.89. The van der Waals surface area contributed by atoms with E-state index < -0.39 is 0 Å². The molecule has 0 atom stereocenters. The van der Waals surface area contributed by atoms with Gasteiger partial charge >= 0.3 is 0 Å². The summed E-state index contributed by atoms with van der Waals surface area (Å²) < 4.78 is 2.51. The van der Waals surface area contributed by atoms with Gasteiger partial charge in [0.1, 0.15) is 0 Å². The number of para-hydroxylation sites is 1. The van der Waals surface area contributed by atoms with Crippen molar-refractivity contribution in [3.8, 4) is 27.9 Å². The van der Waals surface area contributed by atoms with Gasteiger partial charge in [-0.05, 0) is 84.8 Å². The molecule has 0 aliphatic heterocycles. The Bertz CT molecular complexity index is 2460. The molecule has 0 bridgehead atoms. The van der Waals surface area contributed by atoms with Gasteiger partial charge in [0.05, 0.1) is 11.0 Å². The Morgan fingerprint density at radius 2 is 1.18 bits per heavy atom. The number of hydrogen-bond acceptors (Lipinski definition) is 1. The molecule has 9 rings (SSSR count). The van der Waals surface area contributed by atoms with Gasteiger partial charge < -0.3 is 10.3 Å². The summed E-state index contributed by atoms with van der Waals surface area (Å²) in [5.74, 6) is 0. The molecular formula is C42H32N2. The number of fused-ring (bicyclic) bond motifs is 12. The Kier molecular flexibility index (Phi) is 5.27. The predicted octanol–water partition coefficient (Wildman–Crippen LogP) is 10.5. The molecule has 44 heavy (non-hydrogen) atoms. The molecule has 0 unspecified atom stereocenters. The van der Waals surface area contributed by atoms with E-state index in [1.54, 1.807) is 0 Å². The normalized spacial score (nSPS) is 13.6. The van der Waals surface area contributed by atoms with Gasteiger partial charge in [0, 0.05) is 28.4 Å². The number of rotatable bonds is 3. The summed E-state index contributed by atoms with van der Waals surface area (Å²) in [5.41, 5.74) is 18.6. The van der Waals surface area contributed by atoms with Crippen molar-refractivity contribution in [2.45, 2.75) is 25.8 Å². The molecule has 0 radical (unpaired) electrons. The van der Waals surface area contributed by atoms with Gasteiger partial charge in [-0.3, -0.25) is 0 Å². The molecule has 0 amide bonds. The first-order valence-electron chi connectivity index (χ1n) is 15.5. The second-order valence-electron chi connectivity index (χ2n) is 12.7. The zero-order valence-electron chi connectivity index (χ0n) is 24.9. The Hall–Kier alpha value is -5.18. The number of hydrogen-bond donors (Lipinski definition) is 1. The summed E-state index contributed by atoms with van der Waals surface area (Å²) in [4.78, 5) is 0. The summed E-state index contributed by atoms with van der Waals surface area (Å²) in [5, 5.41) is 7.90. The van der Waals surface area contributed by atoms with E-state index in [4.69, 9.17) is 5.73 Å². The first-order chi connectivity index (χ1) is 21.6. The molecule has 0 saturated carbocycles. The highest BCUT2D eigenvalue weighted by atomic mass is 15.0.